The molecule has 37 heavy (non-hydrogen) atoms. The Morgan fingerprint density at radius 1 is 1.03 bits per heavy atom. The maximum atomic E-state index is 13.0. The van der Waals surface area contributed by atoms with Crippen LogP contribution in [0.5, 0.6) is 17.2 Å². The number of aryl methyl sites for hydroxylation is 1. The van der Waals surface area contributed by atoms with Crippen LogP contribution in [0.4, 0.5) is 5.82 Å². The highest BCUT2D eigenvalue weighted by atomic mass is 16.5. The number of nitrogens with zero attached hydrogens (tertiary/aromatic N) is 4. The molecule has 1 unspecified atom stereocenters. The summed E-state index contributed by atoms with van der Waals surface area (Å²) in [6, 6.07) is 7.89. The molecule has 2 fully saturated rings. The molecule has 11 nitrogen and oxygen atoms in total. The smallest absolute Gasteiger partial charge is 0.272 e. The van der Waals surface area contributed by atoms with Gasteiger partial charge in [-0.15, -0.1) is 0 Å². The molecule has 2 aliphatic heterocycles. The van der Waals surface area contributed by atoms with E-state index in [0.29, 0.717) is 30.2 Å². The summed E-state index contributed by atoms with van der Waals surface area (Å²) in [7, 11) is 0. The molecule has 3 aromatic rings. The van der Waals surface area contributed by atoms with Gasteiger partial charge in [0.2, 0.25) is 0 Å². The Hall–Kier alpha value is -4.38. The summed E-state index contributed by atoms with van der Waals surface area (Å²) < 4.78 is 17.0. The van der Waals surface area contributed by atoms with Crippen molar-refractivity contribution in [3.8, 4) is 17.2 Å². The van der Waals surface area contributed by atoms with Crippen LogP contribution in [-0.4, -0.2) is 69.9 Å². The first-order valence-electron chi connectivity index (χ1n) is 11.9. The number of aromatic nitrogens is 3. The molecule has 190 valence electrons. The van der Waals surface area contributed by atoms with Crippen molar-refractivity contribution in [2.45, 2.75) is 25.9 Å². The molecule has 4 heterocycles. The lowest BCUT2D eigenvalue weighted by atomic mass is 10.1. The molecule has 11 heteroatoms. The Labute approximate surface area is 212 Å². The van der Waals surface area contributed by atoms with Crippen molar-refractivity contribution in [1.82, 2.24) is 19.9 Å². The number of Topliss-reactive ketones (excluding diaryl/α,β-unsaturated/α-hetero) is 1. The van der Waals surface area contributed by atoms with Crippen molar-refractivity contribution >= 4 is 23.4 Å². The zero-order chi connectivity index (χ0) is 25.8. The van der Waals surface area contributed by atoms with Gasteiger partial charge in [0, 0.05) is 31.1 Å². The molecular weight excluding hydrogens is 478 g/mol. The minimum Gasteiger partial charge on any atom is -0.482 e. The normalized spacial score (nSPS) is 17.1. The van der Waals surface area contributed by atoms with Gasteiger partial charge in [0.25, 0.3) is 11.8 Å². The van der Waals surface area contributed by atoms with Gasteiger partial charge >= 0.3 is 0 Å². The number of anilines is 1. The molecule has 0 radical (unpaired) electrons. The van der Waals surface area contributed by atoms with Crippen molar-refractivity contribution in [3.05, 3.63) is 65.9 Å². The van der Waals surface area contributed by atoms with Crippen LogP contribution in [0.15, 0.2) is 48.9 Å². The summed E-state index contributed by atoms with van der Waals surface area (Å²) in [5.41, 5.74) is 1.28. The SMILES string of the molecule is Cc1cnc(NC(=O)c2cc(Oc3ccc(C(=O)N4CCC4)nc3)cc(OC3CCOCC3=O)c2)cn1. The first-order valence-corrected chi connectivity index (χ1v) is 11.9. The Balaban J connectivity index is 1.37. The summed E-state index contributed by atoms with van der Waals surface area (Å²) in [6.45, 7) is 3.65. The Morgan fingerprint density at radius 3 is 2.54 bits per heavy atom. The standard InChI is InChI=1S/C26H25N5O6/c1-16-12-29-24(14-27-16)30-25(33)17-9-19(11-20(10-17)37-23-5-8-35-15-22(23)32)36-18-3-4-21(28-13-18)26(34)31-6-2-7-31/h3-4,9-14,23H,2,5-8,15H2,1H3,(H,29,30,33). The number of hydrogen-bond acceptors (Lipinski definition) is 9. The molecule has 0 spiro atoms. The van der Waals surface area contributed by atoms with Gasteiger partial charge in [0.1, 0.15) is 29.5 Å². The van der Waals surface area contributed by atoms with Gasteiger partial charge in [-0.2, -0.15) is 0 Å². The number of ether oxygens (including phenoxy) is 3. The van der Waals surface area contributed by atoms with Crippen LogP contribution in [-0.2, 0) is 9.53 Å². The molecule has 1 aromatic carbocycles. The summed E-state index contributed by atoms with van der Waals surface area (Å²) >= 11 is 0. The predicted molar refractivity (Wildman–Crippen MR) is 131 cm³/mol. The van der Waals surface area contributed by atoms with E-state index in [4.69, 9.17) is 14.2 Å². The topological polar surface area (TPSA) is 133 Å². The summed E-state index contributed by atoms with van der Waals surface area (Å²) in [4.78, 5) is 51.8. The maximum Gasteiger partial charge on any atom is 0.272 e. The van der Waals surface area contributed by atoms with Crippen LogP contribution in [0, 0.1) is 6.92 Å². The van der Waals surface area contributed by atoms with Gasteiger partial charge in [0.15, 0.2) is 17.7 Å². The third-order valence-electron chi connectivity index (χ3n) is 5.91. The first-order chi connectivity index (χ1) is 17.9. The van der Waals surface area contributed by atoms with Crippen LogP contribution in [0.1, 0.15) is 39.4 Å². The number of likely N-dealkylation sites (tertiary alicyclic amines) is 1. The van der Waals surface area contributed by atoms with Gasteiger partial charge < -0.3 is 24.4 Å². The first kappa shape index (κ1) is 24.3. The summed E-state index contributed by atoms with van der Waals surface area (Å²) in [6.07, 6.45) is 5.17. The monoisotopic (exact) mass is 503 g/mol. The average molecular weight is 504 g/mol. The zero-order valence-electron chi connectivity index (χ0n) is 20.2. The molecule has 0 aliphatic carbocycles. The second-order valence-corrected chi connectivity index (χ2v) is 8.73. The van der Waals surface area contributed by atoms with Crippen molar-refractivity contribution < 1.29 is 28.6 Å². The molecule has 0 bridgehead atoms. The number of nitrogens with one attached hydrogen (secondary N) is 1. The molecule has 2 aromatic heterocycles. The molecule has 0 saturated carbocycles. The molecule has 2 saturated heterocycles. The lowest BCUT2D eigenvalue weighted by Gasteiger charge is -2.30. The van der Waals surface area contributed by atoms with Crippen molar-refractivity contribution in [1.29, 1.82) is 0 Å². The van der Waals surface area contributed by atoms with Crippen molar-refractivity contribution in [2.24, 2.45) is 0 Å². The van der Waals surface area contributed by atoms with E-state index in [9.17, 15) is 14.4 Å². The predicted octanol–water partition coefficient (Wildman–Crippen LogP) is 2.81. The van der Waals surface area contributed by atoms with Crippen LogP contribution in [0.25, 0.3) is 0 Å². The highest BCUT2D eigenvalue weighted by molar-refractivity contribution is 6.04. The number of pyridine rings is 1. The van der Waals surface area contributed by atoms with Gasteiger partial charge in [-0.25, -0.2) is 9.97 Å². The van der Waals surface area contributed by atoms with Gasteiger partial charge in [0.05, 0.1) is 30.9 Å². The number of hydrogen-bond donors (Lipinski definition) is 1. The van der Waals surface area contributed by atoms with Crippen molar-refractivity contribution in [3.63, 3.8) is 0 Å². The Bertz CT molecular complexity index is 1310. The number of carbonyl (C=O) groups excluding carboxylic acids is 3. The third kappa shape index (κ3) is 5.89. The number of ketones is 1. The quantitative estimate of drug-likeness (QED) is 0.517. The van der Waals surface area contributed by atoms with E-state index in [1.807, 2.05) is 0 Å². The van der Waals surface area contributed by atoms with Gasteiger partial charge in [-0.3, -0.25) is 19.4 Å². The van der Waals surface area contributed by atoms with E-state index in [-0.39, 0.29) is 35.4 Å². The minimum absolute atomic E-state index is 0.0194. The fourth-order valence-corrected chi connectivity index (χ4v) is 3.77. The number of carbonyl (C=O) groups is 3. The fraction of sp³-hybridized carbons (Fsp3) is 0.308. The minimum atomic E-state index is -0.684. The maximum absolute atomic E-state index is 13.0. The lowest BCUT2D eigenvalue weighted by Crippen LogP contribution is -2.42. The van der Waals surface area contributed by atoms with Crippen LogP contribution >= 0.6 is 0 Å². The number of rotatable bonds is 7. The molecule has 1 N–H and O–H groups in total. The van der Waals surface area contributed by atoms with Crippen molar-refractivity contribution in [2.75, 3.05) is 31.6 Å². The second-order valence-electron chi connectivity index (χ2n) is 8.73. The van der Waals surface area contributed by atoms with Crippen LogP contribution in [0.3, 0.4) is 0 Å². The van der Waals surface area contributed by atoms with E-state index in [0.717, 1.165) is 25.2 Å². The fourth-order valence-electron chi connectivity index (χ4n) is 3.77. The highest BCUT2D eigenvalue weighted by Crippen LogP contribution is 2.29. The number of amides is 2. The molecule has 2 aliphatic rings. The van der Waals surface area contributed by atoms with E-state index >= 15 is 0 Å². The van der Waals surface area contributed by atoms with E-state index in [2.05, 4.69) is 20.3 Å². The summed E-state index contributed by atoms with van der Waals surface area (Å²) in [5, 5.41) is 2.69. The zero-order valence-corrected chi connectivity index (χ0v) is 20.2. The van der Waals surface area contributed by atoms with Gasteiger partial charge in [-0.1, -0.05) is 0 Å². The molecular formula is C26H25N5O6. The lowest BCUT2D eigenvalue weighted by molar-refractivity contribution is -0.136. The largest absolute Gasteiger partial charge is 0.482 e. The average Bonchev–Trinajstić information content (AvgIpc) is 2.86. The van der Waals surface area contributed by atoms with Gasteiger partial charge in [-0.05, 0) is 37.6 Å². The van der Waals surface area contributed by atoms with Crippen LogP contribution < -0.4 is 14.8 Å². The Morgan fingerprint density at radius 2 is 1.86 bits per heavy atom. The highest BCUT2D eigenvalue weighted by Gasteiger charge is 2.26. The molecule has 1 atom stereocenters. The summed E-state index contributed by atoms with van der Waals surface area (Å²) in [5.74, 6) is 0.486. The van der Waals surface area contributed by atoms with Crippen LogP contribution in [0.2, 0.25) is 0 Å². The second kappa shape index (κ2) is 10.7. The van der Waals surface area contributed by atoms with E-state index < -0.39 is 12.0 Å². The molecule has 5 rings (SSSR count). The van der Waals surface area contributed by atoms with E-state index in [1.54, 1.807) is 36.2 Å². The third-order valence-corrected chi connectivity index (χ3v) is 5.91. The Kier molecular flexibility index (Phi) is 7.04. The van der Waals surface area contributed by atoms with E-state index in [1.165, 1.54) is 24.5 Å². The number of benzene rings is 1. The molecule has 2 amide bonds.